The van der Waals surface area contributed by atoms with Crippen LogP contribution in [0.3, 0.4) is 0 Å². The van der Waals surface area contributed by atoms with Crippen molar-refractivity contribution in [3.8, 4) is 11.5 Å². The molecule has 2 aromatic carbocycles. The zero-order chi connectivity index (χ0) is 16.1. The minimum atomic E-state index is -0.669. The number of ether oxygens (including phenoxy) is 2. The quantitative estimate of drug-likeness (QED) is 0.367. The number of nitro groups is 1. The first-order valence-corrected chi connectivity index (χ1v) is 6.30. The summed E-state index contributed by atoms with van der Waals surface area (Å²) in [6.07, 6.45) is 0. The van der Waals surface area contributed by atoms with Crippen molar-refractivity contribution in [2.75, 3.05) is 6.61 Å². The van der Waals surface area contributed by atoms with Crippen molar-refractivity contribution < 1.29 is 23.6 Å². The maximum absolute atomic E-state index is 12.7. The maximum Gasteiger partial charge on any atom is 0.349 e. The van der Waals surface area contributed by atoms with Gasteiger partial charge in [-0.3, -0.25) is 10.1 Å². The molecule has 0 amide bonds. The summed E-state index contributed by atoms with van der Waals surface area (Å²) < 4.78 is 22.9. The topological polar surface area (TPSA) is 78.7 Å². The summed E-state index contributed by atoms with van der Waals surface area (Å²) in [6.45, 7) is 1.19. The van der Waals surface area contributed by atoms with Gasteiger partial charge in [-0.1, -0.05) is 0 Å². The normalized spacial score (nSPS) is 10.1. The van der Waals surface area contributed by atoms with Crippen LogP contribution in [0.1, 0.15) is 5.56 Å². The molecule has 6 nitrogen and oxygen atoms in total. The Bertz CT molecular complexity index is 700. The smallest absolute Gasteiger partial charge is 0.349 e. The highest BCUT2D eigenvalue weighted by atomic mass is 19.1. The van der Waals surface area contributed by atoms with Crippen molar-refractivity contribution in [1.82, 2.24) is 0 Å². The van der Waals surface area contributed by atoms with E-state index < -0.39 is 16.7 Å². The fourth-order valence-corrected chi connectivity index (χ4v) is 1.73. The molecule has 0 aliphatic rings. The highest BCUT2D eigenvalue weighted by molar-refractivity contribution is 5.74. The lowest BCUT2D eigenvalue weighted by molar-refractivity contribution is -0.385. The van der Waals surface area contributed by atoms with E-state index in [-0.39, 0.29) is 18.0 Å². The molecule has 0 aromatic heterocycles. The van der Waals surface area contributed by atoms with Gasteiger partial charge in [-0.05, 0) is 43.3 Å². The van der Waals surface area contributed by atoms with Gasteiger partial charge in [0.1, 0.15) is 17.3 Å². The molecule has 0 fully saturated rings. The average Bonchev–Trinajstić information content (AvgIpc) is 2.46. The van der Waals surface area contributed by atoms with E-state index in [4.69, 9.17) is 9.47 Å². The number of nitrogens with zero attached hydrogens (tertiary/aromatic N) is 1. The lowest BCUT2D eigenvalue weighted by Gasteiger charge is -2.07. The van der Waals surface area contributed by atoms with Gasteiger partial charge in [0.2, 0.25) is 0 Å². The van der Waals surface area contributed by atoms with Crippen LogP contribution >= 0.6 is 0 Å². The SMILES string of the molecule is Cc1cc(OC(=O)COc2ccc(F)cc2)ccc1[N+](=O)[O-]. The van der Waals surface area contributed by atoms with Gasteiger partial charge >= 0.3 is 5.97 Å². The minimum Gasteiger partial charge on any atom is -0.482 e. The van der Waals surface area contributed by atoms with Crippen LogP contribution in [0, 0.1) is 22.9 Å². The number of hydrogen-bond donors (Lipinski definition) is 0. The van der Waals surface area contributed by atoms with Crippen molar-refractivity contribution in [2.45, 2.75) is 6.92 Å². The Morgan fingerprint density at radius 3 is 2.41 bits per heavy atom. The van der Waals surface area contributed by atoms with E-state index in [2.05, 4.69) is 0 Å². The summed E-state index contributed by atoms with van der Waals surface area (Å²) in [4.78, 5) is 21.8. The zero-order valence-electron chi connectivity index (χ0n) is 11.6. The number of benzene rings is 2. The minimum absolute atomic E-state index is 0.0534. The summed E-state index contributed by atoms with van der Waals surface area (Å²) in [5.41, 5.74) is 0.331. The largest absolute Gasteiger partial charge is 0.482 e. The number of halogens is 1. The standard InChI is InChI=1S/C15H12FNO5/c1-10-8-13(6-7-14(10)17(19)20)22-15(18)9-21-12-4-2-11(16)3-5-12/h2-8H,9H2,1H3. The van der Waals surface area contributed by atoms with Crippen molar-refractivity contribution in [1.29, 1.82) is 0 Å². The second-order valence-electron chi connectivity index (χ2n) is 4.42. The molecular weight excluding hydrogens is 293 g/mol. The van der Waals surface area contributed by atoms with Gasteiger partial charge in [0.25, 0.3) is 5.69 Å². The van der Waals surface area contributed by atoms with E-state index in [9.17, 15) is 19.3 Å². The molecule has 0 aliphatic carbocycles. The summed E-state index contributed by atoms with van der Waals surface area (Å²) in [7, 11) is 0. The number of carbonyl (C=O) groups excluding carboxylic acids is 1. The Kier molecular flexibility index (Phi) is 4.67. The predicted octanol–water partition coefficient (Wildman–Crippen LogP) is 3.03. The molecular formula is C15H12FNO5. The third-order valence-electron chi connectivity index (χ3n) is 2.77. The Balaban J connectivity index is 1.93. The first-order valence-electron chi connectivity index (χ1n) is 6.30. The number of carbonyl (C=O) groups is 1. The number of rotatable bonds is 5. The Labute approximate surface area is 125 Å². The van der Waals surface area contributed by atoms with Gasteiger partial charge in [-0.2, -0.15) is 0 Å². The summed E-state index contributed by atoms with van der Waals surface area (Å²) >= 11 is 0. The lowest BCUT2D eigenvalue weighted by atomic mass is 10.2. The van der Waals surface area contributed by atoms with E-state index in [1.54, 1.807) is 6.92 Å². The summed E-state index contributed by atoms with van der Waals surface area (Å²) in [5.74, 6) is -0.553. The van der Waals surface area contributed by atoms with Gasteiger partial charge in [0, 0.05) is 11.6 Å². The number of hydrogen-bond acceptors (Lipinski definition) is 5. The molecule has 22 heavy (non-hydrogen) atoms. The molecule has 7 heteroatoms. The van der Waals surface area contributed by atoms with Gasteiger partial charge in [0.05, 0.1) is 4.92 Å². The summed E-state index contributed by atoms with van der Waals surface area (Å²) in [6, 6.07) is 9.19. The van der Waals surface area contributed by atoms with Gasteiger partial charge < -0.3 is 9.47 Å². The van der Waals surface area contributed by atoms with Crippen molar-refractivity contribution >= 4 is 11.7 Å². The molecule has 0 bridgehead atoms. The van der Waals surface area contributed by atoms with Crippen LogP contribution in [0.2, 0.25) is 0 Å². The Hall–Kier alpha value is -2.96. The molecule has 0 atom stereocenters. The molecule has 0 unspecified atom stereocenters. The lowest BCUT2D eigenvalue weighted by Crippen LogP contribution is -2.17. The highest BCUT2D eigenvalue weighted by Crippen LogP contribution is 2.23. The van der Waals surface area contributed by atoms with Crippen LogP contribution < -0.4 is 9.47 Å². The second kappa shape index (κ2) is 6.66. The van der Waals surface area contributed by atoms with Crippen LogP contribution in [-0.2, 0) is 4.79 Å². The van der Waals surface area contributed by atoms with Gasteiger partial charge in [0.15, 0.2) is 6.61 Å². The first kappa shape index (κ1) is 15.4. The molecule has 114 valence electrons. The Morgan fingerprint density at radius 1 is 1.18 bits per heavy atom. The molecule has 2 rings (SSSR count). The van der Waals surface area contributed by atoms with Crippen LogP contribution in [0.15, 0.2) is 42.5 Å². The van der Waals surface area contributed by atoms with E-state index >= 15 is 0 Å². The average molecular weight is 305 g/mol. The van der Waals surface area contributed by atoms with E-state index in [1.165, 1.54) is 42.5 Å². The van der Waals surface area contributed by atoms with Gasteiger partial charge in [-0.15, -0.1) is 0 Å². The molecule has 0 aliphatic heterocycles. The van der Waals surface area contributed by atoms with E-state index in [1.807, 2.05) is 0 Å². The highest BCUT2D eigenvalue weighted by Gasteiger charge is 2.13. The fourth-order valence-electron chi connectivity index (χ4n) is 1.73. The van der Waals surface area contributed by atoms with Crippen LogP contribution in [-0.4, -0.2) is 17.5 Å². The first-order chi connectivity index (χ1) is 10.5. The maximum atomic E-state index is 12.7. The van der Waals surface area contributed by atoms with Crippen molar-refractivity contribution in [2.24, 2.45) is 0 Å². The van der Waals surface area contributed by atoms with Crippen LogP contribution in [0.5, 0.6) is 11.5 Å². The molecule has 0 radical (unpaired) electrons. The molecule has 0 saturated heterocycles. The third kappa shape index (κ3) is 4.02. The molecule has 0 N–H and O–H groups in total. The van der Waals surface area contributed by atoms with Crippen molar-refractivity contribution in [3.63, 3.8) is 0 Å². The van der Waals surface area contributed by atoms with Crippen LogP contribution in [0.25, 0.3) is 0 Å². The Morgan fingerprint density at radius 2 is 1.82 bits per heavy atom. The van der Waals surface area contributed by atoms with Gasteiger partial charge in [-0.25, -0.2) is 9.18 Å². The molecule has 0 heterocycles. The molecule has 0 spiro atoms. The number of esters is 1. The number of nitro benzene ring substituents is 1. The molecule has 0 saturated carbocycles. The third-order valence-corrected chi connectivity index (χ3v) is 2.77. The van der Waals surface area contributed by atoms with Crippen molar-refractivity contribution in [3.05, 3.63) is 64.0 Å². The van der Waals surface area contributed by atoms with E-state index in [0.29, 0.717) is 11.3 Å². The second-order valence-corrected chi connectivity index (χ2v) is 4.42. The predicted molar refractivity (Wildman–Crippen MR) is 75.4 cm³/mol. The van der Waals surface area contributed by atoms with E-state index in [0.717, 1.165) is 0 Å². The summed E-state index contributed by atoms with van der Waals surface area (Å²) in [5, 5.41) is 10.7. The fraction of sp³-hybridized carbons (Fsp3) is 0.133. The monoisotopic (exact) mass is 305 g/mol. The number of aryl methyl sites for hydroxylation is 1. The van der Waals surface area contributed by atoms with Crippen LogP contribution in [0.4, 0.5) is 10.1 Å². The zero-order valence-corrected chi connectivity index (χ0v) is 11.6. The molecule has 2 aromatic rings.